The molecular formula is C16H22N2S. The summed E-state index contributed by atoms with van der Waals surface area (Å²) in [5.41, 5.74) is 3.82. The topological polar surface area (TPSA) is 24.9 Å². The van der Waals surface area contributed by atoms with Crippen LogP contribution in [0.1, 0.15) is 41.2 Å². The van der Waals surface area contributed by atoms with Gasteiger partial charge in [0.2, 0.25) is 0 Å². The summed E-state index contributed by atoms with van der Waals surface area (Å²) in [6.45, 7) is 7.39. The molecule has 0 bridgehead atoms. The molecule has 1 atom stereocenters. The summed E-state index contributed by atoms with van der Waals surface area (Å²) in [5, 5.41) is 6.97. The Balaban J connectivity index is 1.87. The Bertz CT molecular complexity index is 502. The third-order valence-electron chi connectivity index (χ3n) is 3.28. The summed E-state index contributed by atoms with van der Waals surface area (Å²) < 4.78 is 0. The molecule has 3 heteroatoms. The first-order chi connectivity index (χ1) is 9.19. The van der Waals surface area contributed by atoms with Gasteiger partial charge in [0.15, 0.2) is 0 Å². The van der Waals surface area contributed by atoms with Crippen molar-refractivity contribution in [1.82, 2.24) is 10.3 Å². The Labute approximate surface area is 119 Å². The van der Waals surface area contributed by atoms with E-state index in [4.69, 9.17) is 0 Å². The van der Waals surface area contributed by atoms with E-state index in [0.717, 1.165) is 25.1 Å². The largest absolute Gasteiger partial charge is 0.310 e. The van der Waals surface area contributed by atoms with E-state index in [1.54, 1.807) is 11.3 Å². The highest BCUT2D eigenvalue weighted by molar-refractivity contribution is 7.09. The number of thiazole rings is 1. The number of nitrogens with zero attached hydrogens (tertiary/aromatic N) is 1. The number of nitrogens with one attached hydrogen (secondary N) is 1. The molecule has 1 unspecified atom stereocenters. The van der Waals surface area contributed by atoms with Gasteiger partial charge in [-0.3, -0.25) is 0 Å². The van der Waals surface area contributed by atoms with Gasteiger partial charge in [0.25, 0.3) is 0 Å². The van der Waals surface area contributed by atoms with E-state index in [-0.39, 0.29) is 0 Å². The van der Waals surface area contributed by atoms with Gasteiger partial charge in [-0.15, -0.1) is 11.3 Å². The molecule has 2 aromatic rings. The molecule has 0 aliphatic heterocycles. The van der Waals surface area contributed by atoms with Crippen molar-refractivity contribution in [2.45, 2.75) is 39.7 Å². The van der Waals surface area contributed by atoms with Gasteiger partial charge < -0.3 is 5.32 Å². The molecule has 2 rings (SSSR count). The molecule has 19 heavy (non-hydrogen) atoms. The van der Waals surface area contributed by atoms with E-state index in [1.165, 1.54) is 16.1 Å². The minimum Gasteiger partial charge on any atom is -0.310 e. The second kappa shape index (κ2) is 6.83. The number of rotatable bonds is 6. The second-order valence-corrected chi connectivity index (χ2v) is 5.90. The van der Waals surface area contributed by atoms with E-state index >= 15 is 0 Å². The van der Waals surface area contributed by atoms with Crippen LogP contribution in [0.15, 0.2) is 29.6 Å². The molecule has 1 N–H and O–H groups in total. The number of benzene rings is 1. The van der Waals surface area contributed by atoms with E-state index in [9.17, 15) is 0 Å². The summed E-state index contributed by atoms with van der Waals surface area (Å²) in [6.07, 6.45) is 2.13. The van der Waals surface area contributed by atoms with Crippen molar-refractivity contribution in [3.05, 3.63) is 51.5 Å². The quantitative estimate of drug-likeness (QED) is 0.860. The predicted molar refractivity (Wildman–Crippen MR) is 82.8 cm³/mol. The van der Waals surface area contributed by atoms with Gasteiger partial charge in [-0.25, -0.2) is 4.98 Å². The zero-order valence-corrected chi connectivity index (χ0v) is 12.8. The summed E-state index contributed by atoms with van der Waals surface area (Å²) in [7, 11) is 0. The molecular weight excluding hydrogens is 252 g/mol. The highest BCUT2D eigenvalue weighted by atomic mass is 32.1. The molecule has 0 saturated heterocycles. The van der Waals surface area contributed by atoms with Gasteiger partial charge >= 0.3 is 0 Å². The maximum Gasteiger partial charge on any atom is 0.0940 e. The standard InChI is InChI=1S/C16H22N2S/c1-4-15(14-7-5-12(2)6-8-14)17-10-9-16-18-13(3)11-19-16/h5-8,11,15,17H,4,9-10H2,1-3H3. The second-order valence-electron chi connectivity index (χ2n) is 4.96. The van der Waals surface area contributed by atoms with Crippen molar-refractivity contribution in [3.63, 3.8) is 0 Å². The van der Waals surface area contributed by atoms with Crippen LogP contribution < -0.4 is 5.32 Å². The smallest absolute Gasteiger partial charge is 0.0940 e. The molecule has 0 aliphatic carbocycles. The molecule has 1 heterocycles. The molecule has 1 aromatic heterocycles. The molecule has 0 radical (unpaired) electrons. The van der Waals surface area contributed by atoms with Crippen LogP contribution in [-0.4, -0.2) is 11.5 Å². The van der Waals surface area contributed by atoms with E-state index in [2.05, 4.69) is 60.7 Å². The number of hydrogen-bond donors (Lipinski definition) is 1. The van der Waals surface area contributed by atoms with Crippen LogP contribution in [0.2, 0.25) is 0 Å². The first-order valence-corrected chi connectivity index (χ1v) is 7.78. The van der Waals surface area contributed by atoms with Crippen LogP contribution in [0.3, 0.4) is 0 Å². The van der Waals surface area contributed by atoms with Crippen LogP contribution in [0.4, 0.5) is 0 Å². The first kappa shape index (κ1) is 14.2. The summed E-state index contributed by atoms with van der Waals surface area (Å²) in [4.78, 5) is 4.50. The minimum atomic E-state index is 0.446. The van der Waals surface area contributed by atoms with Crippen LogP contribution in [0.5, 0.6) is 0 Å². The van der Waals surface area contributed by atoms with Crippen molar-refractivity contribution in [2.75, 3.05) is 6.54 Å². The van der Waals surface area contributed by atoms with Crippen molar-refractivity contribution in [1.29, 1.82) is 0 Å². The molecule has 0 spiro atoms. The molecule has 102 valence electrons. The Morgan fingerprint density at radius 2 is 1.95 bits per heavy atom. The van der Waals surface area contributed by atoms with Gasteiger partial charge in [-0.1, -0.05) is 36.8 Å². The maximum absolute atomic E-state index is 4.50. The lowest BCUT2D eigenvalue weighted by Crippen LogP contribution is -2.23. The van der Waals surface area contributed by atoms with Crippen molar-refractivity contribution in [2.24, 2.45) is 0 Å². The van der Waals surface area contributed by atoms with Crippen LogP contribution in [0, 0.1) is 13.8 Å². The fourth-order valence-electron chi connectivity index (χ4n) is 2.17. The summed E-state index contributed by atoms with van der Waals surface area (Å²) >= 11 is 1.76. The SMILES string of the molecule is CCC(NCCc1nc(C)cs1)c1ccc(C)cc1. The van der Waals surface area contributed by atoms with E-state index < -0.39 is 0 Å². The van der Waals surface area contributed by atoms with Gasteiger partial charge in [0.1, 0.15) is 0 Å². The lowest BCUT2D eigenvalue weighted by Gasteiger charge is -2.17. The fraction of sp³-hybridized carbons (Fsp3) is 0.438. The molecule has 0 saturated carbocycles. The van der Waals surface area contributed by atoms with E-state index in [0.29, 0.717) is 6.04 Å². The normalized spacial score (nSPS) is 12.6. The molecule has 1 aromatic carbocycles. The average molecular weight is 274 g/mol. The molecule has 0 fully saturated rings. The van der Waals surface area contributed by atoms with Crippen LogP contribution in [0.25, 0.3) is 0 Å². The van der Waals surface area contributed by atoms with Crippen LogP contribution >= 0.6 is 11.3 Å². The van der Waals surface area contributed by atoms with Crippen molar-refractivity contribution >= 4 is 11.3 Å². The molecule has 0 aliphatic rings. The lowest BCUT2D eigenvalue weighted by atomic mass is 10.0. The Morgan fingerprint density at radius 3 is 2.53 bits per heavy atom. The van der Waals surface area contributed by atoms with Gasteiger partial charge in [0, 0.05) is 30.1 Å². The first-order valence-electron chi connectivity index (χ1n) is 6.90. The zero-order valence-electron chi connectivity index (χ0n) is 11.9. The van der Waals surface area contributed by atoms with Gasteiger partial charge in [-0.2, -0.15) is 0 Å². The lowest BCUT2D eigenvalue weighted by molar-refractivity contribution is 0.522. The third kappa shape index (κ3) is 4.15. The number of aryl methyl sites for hydroxylation is 2. The Kier molecular flexibility index (Phi) is 5.11. The van der Waals surface area contributed by atoms with Crippen molar-refractivity contribution < 1.29 is 0 Å². The fourth-order valence-corrected chi connectivity index (χ4v) is 2.94. The predicted octanol–water partition coefficient (Wildman–Crippen LogP) is 4.04. The Morgan fingerprint density at radius 1 is 1.21 bits per heavy atom. The zero-order chi connectivity index (χ0) is 13.7. The highest BCUT2D eigenvalue weighted by Gasteiger charge is 2.08. The molecule has 2 nitrogen and oxygen atoms in total. The highest BCUT2D eigenvalue weighted by Crippen LogP contribution is 2.17. The monoisotopic (exact) mass is 274 g/mol. The average Bonchev–Trinajstić information content (AvgIpc) is 2.82. The van der Waals surface area contributed by atoms with Crippen LogP contribution in [-0.2, 0) is 6.42 Å². The summed E-state index contributed by atoms with van der Waals surface area (Å²) in [6, 6.07) is 9.27. The summed E-state index contributed by atoms with van der Waals surface area (Å²) in [5.74, 6) is 0. The molecule has 0 amide bonds. The Hall–Kier alpha value is -1.19. The third-order valence-corrected chi connectivity index (χ3v) is 4.31. The maximum atomic E-state index is 4.50. The number of hydrogen-bond acceptors (Lipinski definition) is 3. The van der Waals surface area contributed by atoms with Crippen molar-refractivity contribution in [3.8, 4) is 0 Å². The van der Waals surface area contributed by atoms with E-state index in [1.807, 2.05) is 0 Å². The van der Waals surface area contributed by atoms with Gasteiger partial charge in [-0.05, 0) is 25.8 Å². The minimum absolute atomic E-state index is 0.446. The number of aromatic nitrogens is 1. The van der Waals surface area contributed by atoms with Gasteiger partial charge in [0.05, 0.1) is 5.01 Å².